The molecule has 10 nitrogen and oxygen atoms in total. The number of hydrogen-bond donors (Lipinski definition) is 2. The number of aromatic hydroxyl groups is 1. The molecule has 5 aromatic rings. The van der Waals surface area contributed by atoms with Gasteiger partial charge >= 0.3 is 5.63 Å². The van der Waals surface area contributed by atoms with E-state index in [9.17, 15) is 14.7 Å². The smallest absolute Gasteiger partial charge is 0.336 e. The zero-order chi connectivity index (χ0) is 27.5. The Hall–Kier alpha value is -4.70. The Morgan fingerprint density at radius 1 is 1.05 bits per heavy atom. The summed E-state index contributed by atoms with van der Waals surface area (Å²) in [5.74, 6) is 0.304. The van der Waals surface area contributed by atoms with Gasteiger partial charge in [-0.05, 0) is 50.1 Å². The number of ether oxygens (including phenoxy) is 1. The molecule has 3 aromatic heterocycles. The Morgan fingerprint density at radius 3 is 2.72 bits per heavy atom. The van der Waals surface area contributed by atoms with Crippen molar-refractivity contribution in [1.29, 1.82) is 0 Å². The maximum atomic E-state index is 12.2. The van der Waals surface area contributed by atoms with Gasteiger partial charge in [0.25, 0.3) is 0 Å². The molecule has 0 bridgehead atoms. The molecule has 3 heterocycles. The number of benzene rings is 2. The normalized spacial score (nSPS) is 11.3. The van der Waals surface area contributed by atoms with Gasteiger partial charge in [-0.15, -0.1) is 5.10 Å². The third kappa shape index (κ3) is 5.75. The first kappa shape index (κ1) is 25.9. The third-order valence-corrected chi connectivity index (χ3v) is 6.59. The molecular formula is C29H29N5O5. The molecule has 0 aliphatic heterocycles. The third-order valence-electron chi connectivity index (χ3n) is 6.59. The molecule has 0 radical (unpaired) electrons. The van der Waals surface area contributed by atoms with E-state index in [1.807, 2.05) is 44.3 Å². The van der Waals surface area contributed by atoms with Gasteiger partial charge in [0.15, 0.2) is 5.75 Å². The van der Waals surface area contributed by atoms with E-state index in [1.165, 1.54) is 17.7 Å². The molecule has 0 atom stereocenters. The quantitative estimate of drug-likeness (QED) is 0.220. The van der Waals surface area contributed by atoms with E-state index in [2.05, 4.69) is 21.7 Å². The van der Waals surface area contributed by atoms with E-state index < -0.39 is 11.1 Å². The second kappa shape index (κ2) is 11.0. The molecule has 0 saturated carbocycles. The van der Waals surface area contributed by atoms with Crippen molar-refractivity contribution in [2.24, 2.45) is 0 Å². The fourth-order valence-corrected chi connectivity index (χ4v) is 4.48. The second-order valence-electron chi connectivity index (χ2n) is 9.47. The summed E-state index contributed by atoms with van der Waals surface area (Å²) in [6.45, 7) is 7.54. The monoisotopic (exact) mass is 527 g/mol. The molecule has 0 fully saturated rings. The molecule has 0 spiro atoms. The van der Waals surface area contributed by atoms with Crippen molar-refractivity contribution in [2.45, 2.75) is 40.5 Å². The molecule has 0 saturated heterocycles. The van der Waals surface area contributed by atoms with E-state index in [0.29, 0.717) is 42.4 Å². The lowest BCUT2D eigenvalue weighted by molar-refractivity contribution is 0.301. The number of aromatic nitrogens is 4. The summed E-state index contributed by atoms with van der Waals surface area (Å²) in [6, 6.07) is 14.3. The first-order valence-electron chi connectivity index (χ1n) is 12.6. The van der Waals surface area contributed by atoms with Gasteiger partial charge in [-0.3, -0.25) is 4.79 Å². The molecule has 0 aliphatic rings. The molecule has 2 N–H and O–H groups in total. The van der Waals surface area contributed by atoms with Crippen LogP contribution in [0.1, 0.15) is 28.1 Å². The number of aryl methyl sites for hydroxylation is 2. The van der Waals surface area contributed by atoms with Crippen molar-refractivity contribution in [2.75, 3.05) is 6.54 Å². The predicted molar refractivity (Wildman–Crippen MR) is 146 cm³/mol. The lowest BCUT2D eigenvalue weighted by Crippen LogP contribution is -2.22. The molecule has 0 amide bonds. The first-order valence-corrected chi connectivity index (χ1v) is 12.6. The number of nitrogens with zero attached hydrogens (tertiary/aromatic N) is 4. The highest BCUT2D eigenvalue weighted by molar-refractivity contribution is 5.81. The number of rotatable bonds is 9. The average Bonchev–Trinajstić information content (AvgIpc) is 3.38. The largest absolute Gasteiger partial charge is 0.503 e. The Balaban J connectivity index is 1.23. The van der Waals surface area contributed by atoms with Crippen LogP contribution in [0.3, 0.4) is 0 Å². The zero-order valence-electron chi connectivity index (χ0n) is 22.0. The van der Waals surface area contributed by atoms with Gasteiger partial charge in [-0.25, -0.2) is 9.48 Å². The van der Waals surface area contributed by atoms with Gasteiger partial charge in [-0.1, -0.05) is 22.9 Å². The Kier molecular flexibility index (Phi) is 7.29. The highest BCUT2D eigenvalue weighted by Crippen LogP contribution is 2.24. The lowest BCUT2D eigenvalue weighted by Gasteiger charge is -2.13. The van der Waals surface area contributed by atoms with E-state index in [1.54, 1.807) is 28.4 Å². The topological polar surface area (TPSA) is 124 Å². The van der Waals surface area contributed by atoms with E-state index >= 15 is 0 Å². The summed E-state index contributed by atoms with van der Waals surface area (Å²) < 4.78 is 14.9. The maximum absolute atomic E-state index is 12.2. The molecule has 2 aromatic carbocycles. The molecule has 39 heavy (non-hydrogen) atoms. The number of nitrogens with one attached hydrogen (secondary N) is 1. The minimum absolute atomic E-state index is 0.210. The average molecular weight is 528 g/mol. The fourth-order valence-electron chi connectivity index (χ4n) is 4.48. The van der Waals surface area contributed by atoms with Crippen molar-refractivity contribution in [1.82, 2.24) is 24.9 Å². The minimum Gasteiger partial charge on any atom is -0.503 e. The standard InChI is InChI=1S/C29H29N5O5/c1-18-4-7-25(19(2)12-18)34-16-22(31-32-34)17-38-23-5-6-24-21(13-28(36)39-27(24)14-23)15-30-9-11-33-10-8-26(35)29(37)20(33)3/h4-8,10,12-14,16,30,37H,9,11,15,17H2,1-3H3. The minimum atomic E-state index is -0.450. The Labute approximate surface area is 224 Å². The van der Waals surface area contributed by atoms with Crippen LogP contribution in [0.4, 0.5) is 0 Å². The van der Waals surface area contributed by atoms with Crippen LogP contribution in [0.2, 0.25) is 0 Å². The Morgan fingerprint density at radius 2 is 1.90 bits per heavy atom. The van der Waals surface area contributed by atoms with Gasteiger partial charge in [0, 0.05) is 49.4 Å². The highest BCUT2D eigenvalue weighted by atomic mass is 16.5. The zero-order valence-corrected chi connectivity index (χ0v) is 22.0. The summed E-state index contributed by atoms with van der Waals surface area (Å²) in [5.41, 5.74) is 4.80. The summed E-state index contributed by atoms with van der Waals surface area (Å²) in [4.78, 5) is 23.8. The van der Waals surface area contributed by atoms with Crippen LogP contribution in [-0.2, 0) is 19.7 Å². The van der Waals surface area contributed by atoms with E-state index in [4.69, 9.17) is 9.15 Å². The Bertz CT molecular complexity index is 1770. The number of fused-ring (bicyclic) bond motifs is 1. The van der Waals surface area contributed by atoms with E-state index in [-0.39, 0.29) is 12.4 Å². The molecule has 10 heteroatoms. The van der Waals surface area contributed by atoms with Crippen molar-refractivity contribution >= 4 is 11.0 Å². The fraction of sp³-hybridized carbons (Fsp3) is 0.241. The van der Waals surface area contributed by atoms with Crippen molar-refractivity contribution in [3.05, 3.63) is 110 Å². The van der Waals surface area contributed by atoms with Gasteiger partial charge in [0.1, 0.15) is 23.6 Å². The summed E-state index contributed by atoms with van der Waals surface area (Å²) in [7, 11) is 0. The van der Waals surface area contributed by atoms with Crippen LogP contribution >= 0.6 is 0 Å². The first-order chi connectivity index (χ1) is 18.8. The second-order valence-corrected chi connectivity index (χ2v) is 9.47. The van der Waals surface area contributed by atoms with Gasteiger partial charge in [-0.2, -0.15) is 0 Å². The van der Waals surface area contributed by atoms with Crippen LogP contribution in [0.15, 0.2) is 74.9 Å². The molecular weight excluding hydrogens is 498 g/mol. The van der Waals surface area contributed by atoms with Crippen molar-refractivity contribution < 1.29 is 14.3 Å². The SMILES string of the molecule is Cc1ccc(-n2cc(COc3ccc4c(CNCCn5ccc(=O)c(O)c5C)cc(=O)oc4c3)nn2)c(C)c1. The van der Waals surface area contributed by atoms with Gasteiger partial charge in [0.2, 0.25) is 5.43 Å². The molecule has 0 aliphatic carbocycles. The van der Waals surface area contributed by atoms with E-state index in [0.717, 1.165) is 22.2 Å². The number of hydrogen-bond acceptors (Lipinski definition) is 8. The van der Waals surface area contributed by atoms with Gasteiger partial charge in [0.05, 0.1) is 17.6 Å². The van der Waals surface area contributed by atoms with Crippen LogP contribution < -0.4 is 21.1 Å². The van der Waals surface area contributed by atoms with Crippen molar-refractivity contribution in [3.8, 4) is 17.2 Å². The van der Waals surface area contributed by atoms with Crippen molar-refractivity contribution in [3.63, 3.8) is 0 Å². The molecule has 200 valence electrons. The molecule has 5 rings (SSSR count). The summed E-state index contributed by atoms with van der Waals surface area (Å²) in [6.07, 6.45) is 3.48. The lowest BCUT2D eigenvalue weighted by atomic mass is 10.1. The highest BCUT2D eigenvalue weighted by Gasteiger charge is 2.10. The van der Waals surface area contributed by atoms with Crippen LogP contribution in [0.5, 0.6) is 11.5 Å². The molecule has 0 unspecified atom stereocenters. The van der Waals surface area contributed by atoms with Gasteiger partial charge < -0.3 is 24.1 Å². The predicted octanol–water partition coefficient (Wildman–Crippen LogP) is 3.54. The van der Waals surface area contributed by atoms with Crippen LogP contribution in [0.25, 0.3) is 16.7 Å². The van der Waals surface area contributed by atoms with Crippen LogP contribution in [0, 0.1) is 20.8 Å². The van der Waals surface area contributed by atoms with Crippen LogP contribution in [-0.4, -0.2) is 31.2 Å². The summed E-state index contributed by atoms with van der Waals surface area (Å²) >= 11 is 0. The maximum Gasteiger partial charge on any atom is 0.336 e. The number of pyridine rings is 1. The summed E-state index contributed by atoms with van der Waals surface area (Å²) in [5, 5.41) is 22.4.